The number of hydrogen-bond donors (Lipinski definition) is 2. The predicted octanol–water partition coefficient (Wildman–Crippen LogP) is 4.64. The summed E-state index contributed by atoms with van der Waals surface area (Å²) in [5.74, 6) is -1.20. The van der Waals surface area contributed by atoms with E-state index >= 15 is 0 Å². The molecule has 1 aliphatic rings. The number of carboxylic acids is 1. The van der Waals surface area contributed by atoms with Gasteiger partial charge < -0.3 is 10.4 Å². The Morgan fingerprint density at radius 2 is 1.83 bits per heavy atom. The van der Waals surface area contributed by atoms with Gasteiger partial charge in [0.2, 0.25) is 5.91 Å². The maximum Gasteiger partial charge on any atom is 0.304 e. The highest BCUT2D eigenvalue weighted by molar-refractivity contribution is 7.09. The summed E-state index contributed by atoms with van der Waals surface area (Å²) in [5.41, 5.74) is 4.41. The smallest absolute Gasteiger partial charge is 0.304 e. The molecule has 1 aromatic heterocycles. The Labute approximate surface area is 179 Å². The molecule has 6 heteroatoms. The molecular formula is C24H24N2O3S. The van der Waals surface area contributed by atoms with Gasteiger partial charge in [-0.2, -0.15) is 0 Å². The Morgan fingerprint density at radius 1 is 1.10 bits per heavy atom. The molecule has 0 aliphatic heterocycles. The first kappa shape index (κ1) is 20.3. The Bertz CT molecular complexity index is 1030. The lowest BCUT2D eigenvalue weighted by molar-refractivity contribution is -0.141. The Kier molecular flexibility index (Phi) is 6.23. The molecule has 3 aromatic rings. The lowest BCUT2D eigenvalue weighted by Crippen LogP contribution is -2.33. The summed E-state index contributed by atoms with van der Waals surface area (Å²) in [6, 6.07) is 17.9. The number of benzene rings is 2. The molecule has 154 valence electrons. The van der Waals surface area contributed by atoms with Crippen molar-refractivity contribution < 1.29 is 14.7 Å². The fraction of sp³-hybridized carbons (Fsp3) is 0.292. The molecule has 0 unspecified atom stereocenters. The fourth-order valence-electron chi connectivity index (χ4n) is 3.67. The first-order valence-electron chi connectivity index (χ1n) is 10.2. The molecule has 1 amide bonds. The topological polar surface area (TPSA) is 79.3 Å². The van der Waals surface area contributed by atoms with Crippen LogP contribution < -0.4 is 5.32 Å². The van der Waals surface area contributed by atoms with Crippen LogP contribution in [0.25, 0.3) is 11.3 Å². The number of thiazole rings is 1. The van der Waals surface area contributed by atoms with Gasteiger partial charge in [0.1, 0.15) is 5.01 Å². The van der Waals surface area contributed by atoms with Crippen molar-refractivity contribution in [2.75, 3.05) is 0 Å². The monoisotopic (exact) mass is 420 g/mol. The van der Waals surface area contributed by atoms with Gasteiger partial charge in [-0.1, -0.05) is 54.6 Å². The molecule has 1 atom stereocenters. The molecular weight excluding hydrogens is 396 g/mol. The third kappa shape index (κ3) is 5.13. The number of nitrogens with zero attached hydrogens (tertiary/aromatic N) is 1. The molecule has 0 saturated heterocycles. The van der Waals surface area contributed by atoms with Gasteiger partial charge in [-0.15, -0.1) is 11.3 Å². The number of nitrogens with one attached hydrogen (secondary N) is 1. The minimum Gasteiger partial charge on any atom is -0.481 e. The summed E-state index contributed by atoms with van der Waals surface area (Å²) in [4.78, 5) is 28.6. The molecule has 1 saturated carbocycles. The maximum atomic E-state index is 12.7. The van der Waals surface area contributed by atoms with Crippen molar-refractivity contribution in [1.82, 2.24) is 10.3 Å². The normalized spacial score (nSPS) is 14.3. The Hall–Kier alpha value is -2.99. The predicted molar refractivity (Wildman–Crippen MR) is 117 cm³/mol. The number of carbonyl (C=O) groups is 2. The van der Waals surface area contributed by atoms with Gasteiger partial charge in [-0.05, 0) is 36.3 Å². The quantitative estimate of drug-likeness (QED) is 0.529. The van der Waals surface area contributed by atoms with E-state index < -0.39 is 11.9 Å². The largest absolute Gasteiger partial charge is 0.481 e. The average molecular weight is 421 g/mol. The second-order valence-electron chi connectivity index (χ2n) is 7.69. The summed E-state index contributed by atoms with van der Waals surface area (Å²) in [6.07, 6.45) is 2.67. The standard InChI is InChI=1S/C24H24N2O3S/c27-23(28)13-18(12-16-6-2-1-3-7-16)24(29)25-14-22-26-21(15-30-22)20-9-5-4-8-19(20)17-10-11-17/h1-9,15,17-18H,10-14H2,(H,25,29)(H,27,28)/t18-/m1/s1. The zero-order chi connectivity index (χ0) is 20.9. The Morgan fingerprint density at radius 3 is 2.57 bits per heavy atom. The van der Waals surface area contributed by atoms with Crippen LogP contribution in [0.1, 0.15) is 41.3 Å². The minimum atomic E-state index is -0.973. The number of carbonyl (C=O) groups excluding carboxylic acids is 1. The van der Waals surface area contributed by atoms with Crippen molar-refractivity contribution in [3.05, 3.63) is 76.1 Å². The van der Waals surface area contributed by atoms with Crippen LogP contribution in [-0.4, -0.2) is 22.0 Å². The van der Waals surface area contributed by atoms with Crippen LogP contribution in [0, 0.1) is 5.92 Å². The van der Waals surface area contributed by atoms with Crippen molar-refractivity contribution >= 4 is 23.2 Å². The average Bonchev–Trinajstić information content (AvgIpc) is 3.49. The number of aliphatic carboxylic acids is 1. The van der Waals surface area contributed by atoms with Gasteiger partial charge in [0, 0.05) is 10.9 Å². The third-order valence-corrected chi connectivity index (χ3v) is 6.19. The molecule has 0 spiro atoms. The molecule has 2 aromatic carbocycles. The first-order chi connectivity index (χ1) is 14.6. The van der Waals surface area contributed by atoms with Gasteiger partial charge in [-0.25, -0.2) is 4.98 Å². The minimum absolute atomic E-state index is 0.196. The molecule has 4 rings (SSSR count). The van der Waals surface area contributed by atoms with Crippen LogP contribution in [0.5, 0.6) is 0 Å². The van der Waals surface area contributed by atoms with Gasteiger partial charge in [0.15, 0.2) is 0 Å². The van der Waals surface area contributed by atoms with Gasteiger partial charge >= 0.3 is 5.97 Å². The molecule has 2 N–H and O–H groups in total. The molecule has 0 radical (unpaired) electrons. The summed E-state index contributed by atoms with van der Waals surface area (Å²) >= 11 is 1.51. The second-order valence-corrected chi connectivity index (χ2v) is 8.63. The van der Waals surface area contributed by atoms with Crippen LogP contribution in [0.2, 0.25) is 0 Å². The van der Waals surface area contributed by atoms with Crippen molar-refractivity contribution in [2.24, 2.45) is 5.92 Å². The highest BCUT2D eigenvalue weighted by Gasteiger charge is 2.27. The number of aromatic nitrogens is 1. The fourth-order valence-corrected chi connectivity index (χ4v) is 4.40. The molecule has 30 heavy (non-hydrogen) atoms. The molecule has 0 bridgehead atoms. The van der Waals surface area contributed by atoms with E-state index in [0.717, 1.165) is 16.3 Å². The van der Waals surface area contributed by atoms with Gasteiger partial charge in [-0.3, -0.25) is 9.59 Å². The zero-order valence-electron chi connectivity index (χ0n) is 16.6. The first-order valence-corrected chi connectivity index (χ1v) is 11.0. The molecule has 1 fully saturated rings. The van der Waals surface area contributed by atoms with Gasteiger partial charge in [0.05, 0.1) is 24.6 Å². The van der Waals surface area contributed by atoms with Crippen LogP contribution >= 0.6 is 11.3 Å². The summed E-state index contributed by atoms with van der Waals surface area (Å²) in [5, 5.41) is 14.9. The molecule has 1 aliphatic carbocycles. The van der Waals surface area contributed by atoms with E-state index in [2.05, 4.69) is 23.5 Å². The number of carboxylic acid groups (broad SMARTS) is 1. The third-order valence-electron chi connectivity index (χ3n) is 5.34. The summed E-state index contributed by atoms with van der Waals surface area (Å²) in [7, 11) is 0. The maximum absolute atomic E-state index is 12.7. The van der Waals surface area contributed by atoms with Crippen LogP contribution in [0.15, 0.2) is 60.0 Å². The van der Waals surface area contributed by atoms with E-state index in [-0.39, 0.29) is 12.3 Å². The molecule has 5 nitrogen and oxygen atoms in total. The van der Waals surface area contributed by atoms with Crippen molar-refractivity contribution in [3.63, 3.8) is 0 Å². The van der Waals surface area contributed by atoms with Crippen molar-refractivity contribution in [1.29, 1.82) is 0 Å². The van der Waals surface area contributed by atoms with Crippen LogP contribution in [0.3, 0.4) is 0 Å². The van der Waals surface area contributed by atoms with Crippen LogP contribution in [0.4, 0.5) is 0 Å². The molecule has 1 heterocycles. The van der Waals surface area contributed by atoms with Crippen LogP contribution in [-0.2, 0) is 22.6 Å². The highest BCUT2D eigenvalue weighted by Crippen LogP contribution is 2.44. The number of hydrogen-bond acceptors (Lipinski definition) is 4. The summed E-state index contributed by atoms with van der Waals surface area (Å²) < 4.78 is 0. The van der Waals surface area contributed by atoms with Crippen molar-refractivity contribution in [3.8, 4) is 11.3 Å². The number of rotatable bonds is 9. The van der Waals surface area contributed by atoms with E-state index in [0.29, 0.717) is 18.9 Å². The van der Waals surface area contributed by atoms with E-state index in [4.69, 9.17) is 4.98 Å². The van der Waals surface area contributed by atoms with Crippen molar-refractivity contribution in [2.45, 2.75) is 38.1 Å². The second kappa shape index (κ2) is 9.22. The van der Waals surface area contributed by atoms with Gasteiger partial charge in [0.25, 0.3) is 0 Å². The highest BCUT2D eigenvalue weighted by atomic mass is 32.1. The SMILES string of the molecule is O=C(O)C[C@@H](Cc1ccccc1)C(=O)NCc1nc(-c2ccccc2C2CC2)cs1. The zero-order valence-corrected chi connectivity index (χ0v) is 17.4. The van der Waals surface area contributed by atoms with E-state index in [1.165, 1.54) is 35.3 Å². The Balaban J connectivity index is 1.41. The lowest BCUT2D eigenvalue weighted by atomic mass is 9.95. The van der Waals surface area contributed by atoms with E-state index in [1.54, 1.807) is 0 Å². The lowest BCUT2D eigenvalue weighted by Gasteiger charge is -2.14. The van der Waals surface area contributed by atoms with E-state index in [9.17, 15) is 14.7 Å². The summed E-state index contributed by atoms with van der Waals surface area (Å²) in [6.45, 7) is 0.306. The number of amides is 1. The van der Waals surface area contributed by atoms with E-state index in [1.807, 2.05) is 41.8 Å².